The molecule has 0 fully saturated rings. The molecule has 8 heteroatoms. The molecule has 2 rings (SSSR count). The zero-order valence-corrected chi connectivity index (χ0v) is 14.0. The van der Waals surface area contributed by atoms with Gasteiger partial charge in [0.1, 0.15) is 9.77 Å². The van der Waals surface area contributed by atoms with Crippen molar-refractivity contribution < 1.29 is 18.3 Å². The highest BCUT2D eigenvalue weighted by Crippen LogP contribution is 2.29. The van der Waals surface area contributed by atoms with Gasteiger partial charge < -0.3 is 5.11 Å². The summed E-state index contributed by atoms with van der Waals surface area (Å²) >= 11 is 2.91. The summed E-state index contributed by atoms with van der Waals surface area (Å²) in [4.78, 5) is 10.8. The van der Waals surface area contributed by atoms with E-state index in [-0.39, 0.29) is 9.77 Å². The van der Waals surface area contributed by atoms with Gasteiger partial charge in [-0.1, -0.05) is 12.1 Å². The SMILES string of the molecule is Cc1csc(C(=O)O)c1S(=O)(=O)Nc1ccccc1I. The molecular formula is C12H10INO4S2. The van der Waals surface area contributed by atoms with Gasteiger partial charge in [0.2, 0.25) is 0 Å². The van der Waals surface area contributed by atoms with E-state index in [0.29, 0.717) is 11.3 Å². The Kier molecular flexibility index (Phi) is 4.35. The summed E-state index contributed by atoms with van der Waals surface area (Å²) in [6, 6.07) is 6.88. The number of rotatable bonds is 4. The number of sulfonamides is 1. The third-order valence-corrected chi connectivity index (χ3v) is 6.21. The van der Waals surface area contributed by atoms with Gasteiger partial charge in [-0.15, -0.1) is 11.3 Å². The lowest BCUT2D eigenvalue weighted by molar-refractivity contribution is 0.0698. The number of aryl methyl sites for hydroxylation is 1. The maximum Gasteiger partial charge on any atom is 0.347 e. The van der Waals surface area contributed by atoms with Crippen LogP contribution < -0.4 is 4.72 Å². The first-order valence-corrected chi connectivity index (χ1v) is 8.86. The monoisotopic (exact) mass is 423 g/mol. The van der Waals surface area contributed by atoms with Crippen molar-refractivity contribution >= 4 is 55.6 Å². The average Bonchev–Trinajstić information content (AvgIpc) is 2.75. The third-order valence-electron chi connectivity index (χ3n) is 2.50. The Balaban J connectivity index is 2.49. The Morgan fingerprint density at radius 3 is 2.60 bits per heavy atom. The predicted molar refractivity (Wildman–Crippen MR) is 86.0 cm³/mol. The van der Waals surface area contributed by atoms with Crippen LogP contribution in [0.15, 0.2) is 34.5 Å². The van der Waals surface area contributed by atoms with Crippen LogP contribution in [0.1, 0.15) is 15.2 Å². The van der Waals surface area contributed by atoms with Crippen molar-refractivity contribution in [1.29, 1.82) is 0 Å². The van der Waals surface area contributed by atoms with E-state index < -0.39 is 16.0 Å². The Hall–Kier alpha value is -1.13. The lowest BCUT2D eigenvalue weighted by Gasteiger charge is -2.10. The van der Waals surface area contributed by atoms with Crippen molar-refractivity contribution in [3.05, 3.63) is 43.7 Å². The number of carbonyl (C=O) groups is 1. The Labute approximate surface area is 133 Å². The molecule has 0 aliphatic heterocycles. The van der Waals surface area contributed by atoms with Crippen LogP contribution in [-0.2, 0) is 10.0 Å². The maximum atomic E-state index is 12.4. The van der Waals surface area contributed by atoms with Gasteiger partial charge in [-0.05, 0) is 52.6 Å². The predicted octanol–water partition coefficient (Wildman–Crippen LogP) is 3.16. The van der Waals surface area contributed by atoms with Crippen molar-refractivity contribution in [2.75, 3.05) is 4.72 Å². The van der Waals surface area contributed by atoms with Gasteiger partial charge in [-0.2, -0.15) is 0 Å². The minimum absolute atomic E-state index is 0.172. The lowest BCUT2D eigenvalue weighted by atomic mass is 10.3. The van der Waals surface area contributed by atoms with E-state index in [9.17, 15) is 13.2 Å². The Morgan fingerprint density at radius 2 is 2.00 bits per heavy atom. The molecule has 5 nitrogen and oxygen atoms in total. The first kappa shape index (κ1) is 15.3. The second-order valence-electron chi connectivity index (χ2n) is 3.97. The van der Waals surface area contributed by atoms with Crippen LogP contribution in [0.2, 0.25) is 0 Å². The van der Waals surface area contributed by atoms with Crippen LogP contribution in [-0.4, -0.2) is 19.5 Å². The minimum atomic E-state index is -3.92. The number of para-hydroxylation sites is 1. The summed E-state index contributed by atoms with van der Waals surface area (Å²) in [5.41, 5.74) is 0.848. The highest BCUT2D eigenvalue weighted by atomic mass is 127. The molecule has 0 aliphatic carbocycles. The number of carboxylic acid groups (broad SMARTS) is 1. The number of hydrogen-bond acceptors (Lipinski definition) is 4. The summed E-state index contributed by atoms with van der Waals surface area (Å²) < 4.78 is 27.9. The van der Waals surface area contributed by atoms with Crippen molar-refractivity contribution in [2.24, 2.45) is 0 Å². The van der Waals surface area contributed by atoms with Gasteiger partial charge in [-0.3, -0.25) is 4.72 Å². The number of anilines is 1. The fourth-order valence-electron chi connectivity index (χ4n) is 1.65. The van der Waals surface area contributed by atoms with Crippen LogP contribution in [0.5, 0.6) is 0 Å². The normalized spacial score (nSPS) is 11.3. The minimum Gasteiger partial charge on any atom is -0.477 e. The molecular weight excluding hydrogens is 413 g/mol. The van der Waals surface area contributed by atoms with Crippen LogP contribution in [0.25, 0.3) is 0 Å². The second kappa shape index (κ2) is 5.70. The Bertz CT molecular complexity index is 768. The van der Waals surface area contributed by atoms with E-state index in [4.69, 9.17) is 5.11 Å². The van der Waals surface area contributed by atoms with E-state index >= 15 is 0 Å². The maximum absolute atomic E-state index is 12.4. The van der Waals surface area contributed by atoms with Crippen molar-refractivity contribution in [2.45, 2.75) is 11.8 Å². The molecule has 0 saturated heterocycles. The molecule has 0 spiro atoms. The molecule has 2 aromatic rings. The molecule has 1 heterocycles. The molecule has 0 amide bonds. The van der Waals surface area contributed by atoms with Gasteiger partial charge in [0, 0.05) is 3.57 Å². The molecule has 1 aromatic carbocycles. The number of carboxylic acids is 1. The summed E-state index contributed by atoms with van der Waals surface area (Å²) in [7, 11) is -3.92. The van der Waals surface area contributed by atoms with Gasteiger partial charge in [-0.25, -0.2) is 13.2 Å². The number of aromatic carboxylic acids is 1. The van der Waals surface area contributed by atoms with Crippen molar-refractivity contribution in [3.63, 3.8) is 0 Å². The van der Waals surface area contributed by atoms with Crippen LogP contribution >= 0.6 is 33.9 Å². The second-order valence-corrected chi connectivity index (χ2v) is 7.63. The van der Waals surface area contributed by atoms with Crippen LogP contribution in [0.4, 0.5) is 5.69 Å². The Morgan fingerprint density at radius 1 is 1.35 bits per heavy atom. The number of thiophene rings is 1. The van der Waals surface area contributed by atoms with Gasteiger partial charge >= 0.3 is 5.97 Å². The number of nitrogens with one attached hydrogen (secondary N) is 1. The molecule has 20 heavy (non-hydrogen) atoms. The highest BCUT2D eigenvalue weighted by Gasteiger charge is 2.27. The number of benzene rings is 1. The van der Waals surface area contributed by atoms with E-state index in [0.717, 1.165) is 14.9 Å². The highest BCUT2D eigenvalue weighted by molar-refractivity contribution is 14.1. The molecule has 0 unspecified atom stereocenters. The first-order valence-electron chi connectivity index (χ1n) is 5.41. The summed E-state index contributed by atoms with van der Waals surface area (Å²) in [5.74, 6) is -1.24. The van der Waals surface area contributed by atoms with E-state index in [1.165, 1.54) is 5.38 Å². The van der Waals surface area contributed by atoms with E-state index in [2.05, 4.69) is 4.72 Å². The summed E-state index contributed by atoms with van der Waals surface area (Å²) in [6.07, 6.45) is 0. The molecule has 1 aromatic heterocycles. The van der Waals surface area contributed by atoms with Crippen molar-refractivity contribution in [1.82, 2.24) is 0 Å². The van der Waals surface area contributed by atoms with E-state index in [1.54, 1.807) is 31.2 Å². The standard InChI is InChI=1S/C12H10INO4S2/c1-7-6-19-10(12(15)16)11(7)20(17,18)14-9-5-3-2-4-8(9)13/h2-6,14H,1H3,(H,15,16). The lowest BCUT2D eigenvalue weighted by Crippen LogP contribution is -2.16. The molecule has 0 aliphatic rings. The van der Waals surface area contributed by atoms with Crippen molar-refractivity contribution in [3.8, 4) is 0 Å². The fraction of sp³-hybridized carbons (Fsp3) is 0.0833. The number of halogens is 1. The zero-order chi connectivity index (χ0) is 14.9. The van der Waals surface area contributed by atoms with Crippen LogP contribution in [0.3, 0.4) is 0 Å². The van der Waals surface area contributed by atoms with Gasteiger partial charge in [0.05, 0.1) is 5.69 Å². The largest absolute Gasteiger partial charge is 0.477 e. The third kappa shape index (κ3) is 2.96. The molecule has 0 saturated carbocycles. The van der Waals surface area contributed by atoms with Gasteiger partial charge in [0.15, 0.2) is 0 Å². The van der Waals surface area contributed by atoms with Crippen LogP contribution in [0, 0.1) is 10.5 Å². The molecule has 0 bridgehead atoms. The average molecular weight is 423 g/mol. The number of hydrogen-bond donors (Lipinski definition) is 2. The molecule has 106 valence electrons. The quantitative estimate of drug-likeness (QED) is 0.741. The molecule has 0 atom stereocenters. The summed E-state index contributed by atoms with van der Waals surface area (Å²) in [6.45, 7) is 1.58. The molecule has 0 radical (unpaired) electrons. The fourth-order valence-corrected chi connectivity index (χ4v) is 5.07. The summed E-state index contributed by atoms with van der Waals surface area (Å²) in [5, 5.41) is 10.6. The zero-order valence-electron chi connectivity index (χ0n) is 10.3. The smallest absolute Gasteiger partial charge is 0.347 e. The first-order chi connectivity index (χ1) is 9.33. The van der Waals surface area contributed by atoms with E-state index in [1.807, 2.05) is 22.6 Å². The van der Waals surface area contributed by atoms with Gasteiger partial charge in [0.25, 0.3) is 10.0 Å². The molecule has 2 N–H and O–H groups in total. The topological polar surface area (TPSA) is 83.5 Å².